The van der Waals surface area contributed by atoms with E-state index in [1.54, 1.807) is 11.3 Å². The lowest BCUT2D eigenvalue weighted by molar-refractivity contribution is 0.138. The van der Waals surface area contributed by atoms with E-state index in [0.29, 0.717) is 18.3 Å². The van der Waals surface area contributed by atoms with Gasteiger partial charge in [0.2, 0.25) is 5.88 Å². The van der Waals surface area contributed by atoms with E-state index in [1.807, 2.05) is 0 Å². The molecule has 2 aliphatic rings. The van der Waals surface area contributed by atoms with E-state index in [2.05, 4.69) is 37.5 Å². The highest BCUT2D eigenvalue weighted by Crippen LogP contribution is 2.43. The Bertz CT molecular complexity index is 905. The highest BCUT2D eigenvalue weighted by molar-refractivity contribution is 7.08. The molecule has 27 heavy (non-hydrogen) atoms. The van der Waals surface area contributed by atoms with Crippen molar-refractivity contribution in [3.05, 3.63) is 28.1 Å². The number of nitrogens with one attached hydrogen (secondary N) is 1. The first-order chi connectivity index (χ1) is 13.4. The van der Waals surface area contributed by atoms with Crippen LogP contribution in [0.25, 0.3) is 22.5 Å². The topological polar surface area (TPSA) is 85.8 Å². The number of aryl methyl sites for hydroxylation is 1. The maximum absolute atomic E-state index is 6.33. The first-order valence-electron chi connectivity index (χ1n) is 9.47. The quantitative estimate of drug-likeness (QED) is 0.695. The summed E-state index contributed by atoms with van der Waals surface area (Å²) in [5.74, 6) is 1.22. The maximum atomic E-state index is 6.33. The highest BCUT2D eigenvalue weighted by Gasteiger charge is 2.28. The number of rotatable bonds is 4. The van der Waals surface area contributed by atoms with Gasteiger partial charge in [-0.2, -0.15) is 11.3 Å². The van der Waals surface area contributed by atoms with Crippen LogP contribution < -0.4 is 4.74 Å². The summed E-state index contributed by atoms with van der Waals surface area (Å²) in [6.45, 7) is 1.33. The number of nitrogens with zero attached hydrogens (tertiary/aromatic N) is 4. The predicted molar refractivity (Wildman–Crippen MR) is 102 cm³/mol. The van der Waals surface area contributed by atoms with Gasteiger partial charge >= 0.3 is 0 Å². The second kappa shape index (κ2) is 7.36. The van der Waals surface area contributed by atoms with Crippen LogP contribution in [0.5, 0.6) is 5.88 Å². The molecule has 0 aromatic carbocycles. The molecule has 5 rings (SSSR count). The lowest BCUT2D eigenvalue weighted by Gasteiger charge is -2.20. The lowest BCUT2D eigenvalue weighted by atomic mass is 9.92. The third-order valence-electron chi connectivity index (χ3n) is 5.25. The first-order valence-corrected chi connectivity index (χ1v) is 10.4. The zero-order valence-electron chi connectivity index (χ0n) is 15.0. The standard InChI is InChI=1S/C19H21N5O2S/c1-2-4-14-15(5-3-1)20-19(26-13-6-8-25-10-13)17(18-21-23-24-22-18)16(14)12-7-9-27-11-12/h7,9,11,13H,1-6,8,10H2,(H,21,22,23,24). The van der Waals surface area contributed by atoms with Crippen molar-refractivity contribution < 1.29 is 9.47 Å². The summed E-state index contributed by atoms with van der Waals surface area (Å²) in [6, 6.07) is 2.15. The van der Waals surface area contributed by atoms with E-state index >= 15 is 0 Å². The van der Waals surface area contributed by atoms with Gasteiger partial charge in [-0.15, -0.1) is 5.10 Å². The minimum atomic E-state index is 0.0197. The normalized spacial score (nSPS) is 19.6. The van der Waals surface area contributed by atoms with Crippen molar-refractivity contribution in [1.29, 1.82) is 0 Å². The van der Waals surface area contributed by atoms with Crippen LogP contribution in [0.3, 0.4) is 0 Å². The Kier molecular flexibility index (Phi) is 4.59. The van der Waals surface area contributed by atoms with Crippen molar-refractivity contribution in [3.8, 4) is 28.4 Å². The fraction of sp³-hybridized carbons (Fsp3) is 0.474. The highest BCUT2D eigenvalue weighted by atomic mass is 32.1. The predicted octanol–water partition coefficient (Wildman–Crippen LogP) is 3.43. The molecule has 7 nitrogen and oxygen atoms in total. The lowest BCUT2D eigenvalue weighted by Crippen LogP contribution is -2.18. The minimum absolute atomic E-state index is 0.0197. The smallest absolute Gasteiger partial charge is 0.225 e. The summed E-state index contributed by atoms with van der Waals surface area (Å²) < 4.78 is 11.8. The molecule has 1 aliphatic heterocycles. The zero-order valence-corrected chi connectivity index (χ0v) is 15.8. The number of fused-ring (bicyclic) bond motifs is 1. The molecular formula is C19H21N5O2S. The van der Waals surface area contributed by atoms with Gasteiger partial charge in [-0.1, -0.05) is 6.42 Å². The molecule has 8 heteroatoms. The molecule has 1 atom stereocenters. The van der Waals surface area contributed by atoms with E-state index in [4.69, 9.17) is 14.5 Å². The molecule has 140 valence electrons. The van der Waals surface area contributed by atoms with Crippen molar-refractivity contribution >= 4 is 11.3 Å². The van der Waals surface area contributed by atoms with Crippen molar-refractivity contribution in [2.75, 3.05) is 13.2 Å². The van der Waals surface area contributed by atoms with Gasteiger partial charge in [-0.3, -0.25) is 0 Å². The molecule has 1 fully saturated rings. The van der Waals surface area contributed by atoms with Crippen LogP contribution in [-0.4, -0.2) is 44.9 Å². The Morgan fingerprint density at radius 1 is 1.19 bits per heavy atom. The summed E-state index contributed by atoms with van der Waals surface area (Å²) in [7, 11) is 0. The maximum Gasteiger partial charge on any atom is 0.225 e. The second-order valence-corrected chi connectivity index (χ2v) is 7.80. The molecule has 1 aliphatic carbocycles. The molecule has 3 aromatic rings. The summed E-state index contributed by atoms with van der Waals surface area (Å²) >= 11 is 1.69. The van der Waals surface area contributed by atoms with Crippen LogP contribution >= 0.6 is 11.3 Å². The SMILES string of the molecule is c1cc(-c2c3c(nc(OC4CCOC4)c2-c2nnn[nH]2)CCCCC3)cs1. The number of pyridine rings is 1. The number of ether oxygens (including phenoxy) is 2. The Morgan fingerprint density at radius 2 is 2.15 bits per heavy atom. The number of aromatic nitrogens is 5. The molecule has 1 unspecified atom stereocenters. The fourth-order valence-corrected chi connectivity index (χ4v) is 4.60. The van der Waals surface area contributed by atoms with E-state index in [-0.39, 0.29) is 6.10 Å². The van der Waals surface area contributed by atoms with Crippen molar-refractivity contribution in [2.45, 2.75) is 44.6 Å². The van der Waals surface area contributed by atoms with Crippen molar-refractivity contribution in [2.24, 2.45) is 0 Å². The number of H-pyrrole nitrogens is 1. The molecule has 1 saturated heterocycles. The van der Waals surface area contributed by atoms with Gasteiger partial charge in [-0.25, -0.2) is 10.1 Å². The Balaban J connectivity index is 1.74. The summed E-state index contributed by atoms with van der Waals surface area (Å²) in [5, 5.41) is 19.0. The van der Waals surface area contributed by atoms with Crippen molar-refractivity contribution in [1.82, 2.24) is 25.6 Å². The van der Waals surface area contributed by atoms with Crippen LogP contribution in [0.2, 0.25) is 0 Å². The summed E-state index contributed by atoms with van der Waals surface area (Å²) in [6.07, 6.45) is 6.47. The van der Waals surface area contributed by atoms with Crippen LogP contribution in [-0.2, 0) is 17.6 Å². The van der Waals surface area contributed by atoms with Gasteiger partial charge in [-0.05, 0) is 64.1 Å². The Morgan fingerprint density at radius 3 is 2.93 bits per heavy atom. The largest absolute Gasteiger partial charge is 0.471 e. The average Bonchev–Trinajstić information content (AvgIpc) is 3.43. The molecule has 1 N–H and O–H groups in total. The number of aromatic amines is 1. The Labute approximate surface area is 161 Å². The second-order valence-electron chi connectivity index (χ2n) is 7.02. The van der Waals surface area contributed by atoms with Gasteiger partial charge in [0.15, 0.2) is 5.82 Å². The molecule has 0 radical (unpaired) electrons. The van der Waals surface area contributed by atoms with Gasteiger partial charge < -0.3 is 9.47 Å². The van der Waals surface area contributed by atoms with Gasteiger partial charge in [0, 0.05) is 17.7 Å². The third-order valence-corrected chi connectivity index (χ3v) is 5.93. The van der Waals surface area contributed by atoms with Crippen LogP contribution in [0.1, 0.15) is 36.9 Å². The van der Waals surface area contributed by atoms with Gasteiger partial charge in [0.05, 0.1) is 18.8 Å². The summed E-state index contributed by atoms with van der Waals surface area (Å²) in [5.41, 5.74) is 5.67. The van der Waals surface area contributed by atoms with Gasteiger partial charge in [0.1, 0.15) is 6.10 Å². The molecular weight excluding hydrogens is 362 g/mol. The van der Waals surface area contributed by atoms with E-state index in [9.17, 15) is 0 Å². The number of thiophene rings is 1. The van der Waals surface area contributed by atoms with E-state index in [1.165, 1.54) is 24.0 Å². The molecule has 3 aromatic heterocycles. The minimum Gasteiger partial charge on any atom is -0.471 e. The number of tetrazole rings is 1. The van der Waals surface area contributed by atoms with Crippen molar-refractivity contribution in [3.63, 3.8) is 0 Å². The third kappa shape index (κ3) is 3.23. The van der Waals surface area contributed by atoms with Crippen LogP contribution in [0.15, 0.2) is 16.8 Å². The zero-order chi connectivity index (χ0) is 18.1. The van der Waals surface area contributed by atoms with Gasteiger partial charge in [0.25, 0.3) is 0 Å². The first kappa shape index (κ1) is 16.8. The number of hydrogen-bond acceptors (Lipinski definition) is 7. The number of hydrogen-bond donors (Lipinski definition) is 1. The van der Waals surface area contributed by atoms with E-state index < -0.39 is 0 Å². The molecule has 0 amide bonds. The van der Waals surface area contributed by atoms with Crippen LogP contribution in [0, 0.1) is 0 Å². The molecule has 0 spiro atoms. The van der Waals surface area contributed by atoms with E-state index in [0.717, 1.165) is 49.1 Å². The molecule has 0 saturated carbocycles. The summed E-state index contributed by atoms with van der Waals surface area (Å²) in [4.78, 5) is 4.97. The Hall–Kier alpha value is -2.32. The van der Waals surface area contributed by atoms with Crippen LogP contribution in [0.4, 0.5) is 0 Å². The molecule has 0 bridgehead atoms. The molecule has 4 heterocycles. The average molecular weight is 383 g/mol. The monoisotopic (exact) mass is 383 g/mol. The fourth-order valence-electron chi connectivity index (χ4n) is 3.95.